The van der Waals surface area contributed by atoms with Gasteiger partial charge in [-0.05, 0) is 41.7 Å². The standard InChI is InChI=1S/C23H31N3O/c1-18-7-5-6-8-21(18)26-15-13-25(14-16-26)17-22(27)24-20-11-9-19(10-12-20)23(2,3)4/h5-12H,13-17H2,1-4H3,(H,24,27). The van der Waals surface area contributed by atoms with Gasteiger partial charge in [0.15, 0.2) is 0 Å². The van der Waals surface area contributed by atoms with Crippen LogP contribution in [0.25, 0.3) is 0 Å². The van der Waals surface area contributed by atoms with E-state index in [2.05, 4.69) is 79.2 Å². The predicted molar refractivity (Wildman–Crippen MR) is 114 cm³/mol. The number of nitrogens with one attached hydrogen (secondary N) is 1. The van der Waals surface area contributed by atoms with Crippen molar-refractivity contribution in [2.45, 2.75) is 33.1 Å². The molecular formula is C23H31N3O. The third kappa shape index (κ3) is 5.10. The Kier molecular flexibility index (Phi) is 5.85. The lowest BCUT2D eigenvalue weighted by atomic mass is 9.87. The summed E-state index contributed by atoms with van der Waals surface area (Å²) in [6.07, 6.45) is 0. The molecule has 0 aromatic heterocycles. The Morgan fingerprint density at radius 3 is 2.19 bits per heavy atom. The van der Waals surface area contributed by atoms with Gasteiger partial charge >= 0.3 is 0 Å². The maximum Gasteiger partial charge on any atom is 0.238 e. The molecule has 3 rings (SSSR count). The molecule has 0 saturated carbocycles. The van der Waals surface area contributed by atoms with Crippen molar-refractivity contribution in [3.63, 3.8) is 0 Å². The lowest BCUT2D eigenvalue weighted by Gasteiger charge is -2.36. The molecule has 144 valence electrons. The van der Waals surface area contributed by atoms with Crippen LogP contribution in [0.2, 0.25) is 0 Å². The molecule has 0 aliphatic carbocycles. The number of para-hydroxylation sites is 1. The van der Waals surface area contributed by atoms with Crippen LogP contribution in [0.15, 0.2) is 48.5 Å². The van der Waals surface area contributed by atoms with Crippen molar-refractivity contribution in [2.24, 2.45) is 0 Å². The van der Waals surface area contributed by atoms with Crippen LogP contribution in [0.5, 0.6) is 0 Å². The number of anilines is 2. The maximum absolute atomic E-state index is 12.4. The van der Waals surface area contributed by atoms with Gasteiger partial charge in [-0.15, -0.1) is 0 Å². The molecule has 1 N–H and O–H groups in total. The third-order valence-electron chi connectivity index (χ3n) is 5.23. The molecule has 0 bridgehead atoms. The number of nitrogens with zero attached hydrogens (tertiary/aromatic N) is 2. The lowest BCUT2D eigenvalue weighted by molar-refractivity contribution is -0.117. The number of aryl methyl sites for hydroxylation is 1. The Bertz CT molecular complexity index is 769. The van der Waals surface area contributed by atoms with Crippen LogP contribution >= 0.6 is 0 Å². The molecule has 1 heterocycles. The first-order chi connectivity index (χ1) is 12.8. The average molecular weight is 366 g/mol. The normalized spacial score (nSPS) is 15.6. The molecule has 4 heteroatoms. The number of benzene rings is 2. The van der Waals surface area contributed by atoms with Crippen LogP contribution in [0.1, 0.15) is 31.9 Å². The fourth-order valence-corrected chi connectivity index (χ4v) is 3.52. The fourth-order valence-electron chi connectivity index (χ4n) is 3.52. The number of amides is 1. The Morgan fingerprint density at radius 2 is 1.59 bits per heavy atom. The second-order valence-corrected chi connectivity index (χ2v) is 8.43. The second-order valence-electron chi connectivity index (χ2n) is 8.43. The molecule has 2 aromatic rings. The molecular weight excluding hydrogens is 334 g/mol. The zero-order valence-electron chi connectivity index (χ0n) is 17.0. The monoisotopic (exact) mass is 365 g/mol. The summed E-state index contributed by atoms with van der Waals surface area (Å²) in [5.74, 6) is 0.0582. The SMILES string of the molecule is Cc1ccccc1N1CCN(CC(=O)Nc2ccc(C(C)(C)C)cc2)CC1. The molecule has 1 aliphatic heterocycles. The summed E-state index contributed by atoms with van der Waals surface area (Å²) in [6, 6.07) is 16.7. The van der Waals surface area contributed by atoms with Crippen molar-refractivity contribution in [1.29, 1.82) is 0 Å². The van der Waals surface area contributed by atoms with E-state index >= 15 is 0 Å². The molecule has 4 nitrogen and oxygen atoms in total. The zero-order valence-corrected chi connectivity index (χ0v) is 17.0. The van der Waals surface area contributed by atoms with Crippen molar-refractivity contribution in [3.05, 3.63) is 59.7 Å². The Morgan fingerprint density at radius 1 is 0.963 bits per heavy atom. The highest BCUT2D eigenvalue weighted by Gasteiger charge is 2.20. The van der Waals surface area contributed by atoms with Crippen LogP contribution < -0.4 is 10.2 Å². The smallest absolute Gasteiger partial charge is 0.238 e. The van der Waals surface area contributed by atoms with Gasteiger partial charge in [-0.25, -0.2) is 0 Å². The number of carbonyl (C=O) groups excluding carboxylic acids is 1. The highest BCUT2D eigenvalue weighted by atomic mass is 16.2. The summed E-state index contributed by atoms with van der Waals surface area (Å²) in [6.45, 7) is 12.9. The van der Waals surface area contributed by atoms with E-state index in [4.69, 9.17) is 0 Å². The van der Waals surface area contributed by atoms with Crippen molar-refractivity contribution >= 4 is 17.3 Å². The van der Waals surface area contributed by atoms with Crippen LogP contribution in [0.4, 0.5) is 11.4 Å². The van der Waals surface area contributed by atoms with Crippen LogP contribution in [0.3, 0.4) is 0 Å². The van der Waals surface area contributed by atoms with Gasteiger partial charge in [0.2, 0.25) is 5.91 Å². The van der Waals surface area contributed by atoms with Crippen molar-refractivity contribution in [1.82, 2.24) is 4.90 Å². The van der Waals surface area contributed by atoms with Gasteiger partial charge < -0.3 is 10.2 Å². The van der Waals surface area contributed by atoms with E-state index < -0.39 is 0 Å². The van der Waals surface area contributed by atoms with Crippen molar-refractivity contribution in [3.8, 4) is 0 Å². The maximum atomic E-state index is 12.4. The Balaban J connectivity index is 1.49. The summed E-state index contributed by atoms with van der Waals surface area (Å²) >= 11 is 0. The summed E-state index contributed by atoms with van der Waals surface area (Å²) in [7, 11) is 0. The zero-order chi connectivity index (χ0) is 19.4. The highest BCUT2D eigenvalue weighted by molar-refractivity contribution is 5.92. The number of hydrogen-bond donors (Lipinski definition) is 1. The molecule has 1 saturated heterocycles. The highest BCUT2D eigenvalue weighted by Crippen LogP contribution is 2.24. The van der Waals surface area contributed by atoms with Gasteiger partial charge in [-0.3, -0.25) is 9.69 Å². The summed E-state index contributed by atoms with van der Waals surface area (Å²) in [4.78, 5) is 17.0. The minimum Gasteiger partial charge on any atom is -0.369 e. The summed E-state index contributed by atoms with van der Waals surface area (Å²) < 4.78 is 0. The first-order valence-corrected chi connectivity index (χ1v) is 9.76. The number of hydrogen-bond acceptors (Lipinski definition) is 3. The fraction of sp³-hybridized carbons (Fsp3) is 0.435. The van der Waals surface area contributed by atoms with Crippen molar-refractivity contribution in [2.75, 3.05) is 42.9 Å². The minimum atomic E-state index is 0.0582. The summed E-state index contributed by atoms with van der Waals surface area (Å²) in [5, 5.41) is 3.03. The minimum absolute atomic E-state index is 0.0582. The predicted octanol–water partition coefficient (Wildman–Crippen LogP) is 4.05. The Labute approximate surface area is 163 Å². The third-order valence-corrected chi connectivity index (χ3v) is 5.23. The Hall–Kier alpha value is -2.33. The first-order valence-electron chi connectivity index (χ1n) is 9.76. The molecule has 0 spiro atoms. The van der Waals surface area contributed by atoms with E-state index in [9.17, 15) is 4.79 Å². The van der Waals surface area contributed by atoms with Crippen LogP contribution in [0, 0.1) is 6.92 Å². The van der Waals surface area contributed by atoms with E-state index in [-0.39, 0.29) is 11.3 Å². The molecule has 0 radical (unpaired) electrons. The van der Waals surface area contributed by atoms with Gasteiger partial charge in [0.25, 0.3) is 0 Å². The number of rotatable bonds is 4. The molecule has 2 aromatic carbocycles. The van der Waals surface area contributed by atoms with Gasteiger partial charge in [-0.1, -0.05) is 51.1 Å². The van der Waals surface area contributed by atoms with Gasteiger partial charge in [0.05, 0.1) is 6.54 Å². The summed E-state index contributed by atoms with van der Waals surface area (Å²) in [5.41, 5.74) is 4.88. The van der Waals surface area contributed by atoms with Crippen molar-refractivity contribution < 1.29 is 4.79 Å². The average Bonchev–Trinajstić information content (AvgIpc) is 2.62. The van der Waals surface area contributed by atoms with E-state index in [0.717, 1.165) is 31.9 Å². The van der Waals surface area contributed by atoms with E-state index in [1.165, 1.54) is 16.8 Å². The molecule has 0 atom stereocenters. The molecule has 27 heavy (non-hydrogen) atoms. The van der Waals surface area contributed by atoms with Crippen LogP contribution in [-0.2, 0) is 10.2 Å². The molecule has 1 aliphatic rings. The molecule has 0 unspecified atom stereocenters. The van der Waals surface area contributed by atoms with E-state index in [0.29, 0.717) is 6.54 Å². The lowest BCUT2D eigenvalue weighted by Crippen LogP contribution is -2.48. The molecule has 1 amide bonds. The number of carbonyl (C=O) groups is 1. The van der Waals surface area contributed by atoms with Gasteiger partial charge in [0.1, 0.15) is 0 Å². The quantitative estimate of drug-likeness (QED) is 0.888. The van der Waals surface area contributed by atoms with E-state index in [1.807, 2.05) is 12.1 Å². The van der Waals surface area contributed by atoms with Crippen LogP contribution in [-0.4, -0.2) is 43.5 Å². The second kappa shape index (κ2) is 8.13. The topological polar surface area (TPSA) is 35.6 Å². The first kappa shape index (κ1) is 19.4. The van der Waals surface area contributed by atoms with E-state index in [1.54, 1.807) is 0 Å². The number of piperazine rings is 1. The molecule has 1 fully saturated rings. The largest absolute Gasteiger partial charge is 0.369 e. The van der Waals surface area contributed by atoms with Gasteiger partial charge in [-0.2, -0.15) is 0 Å². The van der Waals surface area contributed by atoms with Gasteiger partial charge in [0, 0.05) is 37.6 Å².